The van der Waals surface area contributed by atoms with Crippen molar-refractivity contribution in [3.05, 3.63) is 17.1 Å². The first kappa shape index (κ1) is 32.5. The molecule has 0 aromatic carbocycles. The molecule has 228 valence electrons. The second-order valence-electron chi connectivity index (χ2n) is 10.9. The van der Waals surface area contributed by atoms with Crippen LogP contribution in [0.2, 0.25) is 0 Å². The van der Waals surface area contributed by atoms with E-state index in [0.717, 1.165) is 32.2 Å². The average Bonchev–Trinajstić information content (AvgIpc) is 3.37. The van der Waals surface area contributed by atoms with Crippen LogP contribution in [-0.4, -0.2) is 92.4 Å². The van der Waals surface area contributed by atoms with E-state index in [2.05, 4.69) is 16.9 Å². The molecule has 1 aromatic rings. The molecule has 0 radical (unpaired) electrons. The lowest BCUT2D eigenvalue weighted by Crippen LogP contribution is -2.48. The van der Waals surface area contributed by atoms with Gasteiger partial charge in [0, 0.05) is 37.8 Å². The molecule has 1 aliphatic carbocycles. The van der Waals surface area contributed by atoms with Crippen LogP contribution in [0, 0.1) is 5.92 Å². The summed E-state index contributed by atoms with van der Waals surface area (Å²) < 4.78 is 11.6. The summed E-state index contributed by atoms with van der Waals surface area (Å²) in [6, 6.07) is 0.240. The van der Waals surface area contributed by atoms with Crippen LogP contribution < -0.4 is 20.3 Å². The lowest BCUT2D eigenvalue weighted by molar-refractivity contribution is -0.123. The lowest BCUT2D eigenvalue weighted by Gasteiger charge is -2.37. The largest absolute Gasteiger partial charge is 0.474 e. The van der Waals surface area contributed by atoms with Crippen LogP contribution in [0.3, 0.4) is 0 Å². The average molecular weight is 573 g/mol. The van der Waals surface area contributed by atoms with E-state index in [0.29, 0.717) is 74.7 Å². The van der Waals surface area contributed by atoms with Gasteiger partial charge in [-0.1, -0.05) is 33.6 Å². The quantitative estimate of drug-likeness (QED) is 0.226. The molecule has 1 amide bonds. The van der Waals surface area contributed by atoms with Gasteiger partial charge >= 0.3 is 0 Å². The van der Waals surface area contributed by atoms with Gasteiger partial charge in [0.2, 0.25) is 23.9 Å². The Morgan fingerprint density at radius 3 is 2.46 bits per heavy atom. The molecule has 1 aromatic heterocycles. The number of Topliss-reactive ketones (excluding diaryl/α,β-unsaturated/α-hetero) is 2. The number of likely N-dealkylation sites (tertiary alicyclic amines) is 1. The van der Waals surface area contributed by atoms with Crippen molar-refractivity contribution < 1.29 is 23.9 Å². The Balaban J connectivity index is 0.00000226. The number of ether oxygens (including phenoxy) is 2. The van der Waals surface area contributed by atoms with Crippen LogP contribution in [0.25, 0.3) is 0 Å². The predicted molar refractivity (Wildman–Crippen MR) is 159 cm³/mol. The zero-order valence-corrected chi connectivity index (χ0v) is 25.6. The number of nitrogens with two attached hydrogens (primary N) is 1. The third kappa shape index (κ3) is 7.43. The van der Waals surface area contributed by atoms with Crippen LogP contribution in [0.4, 0.5) is 11.5 Å². The summed E-state index contributed by atoms with van der Waals surface area (Å²) in [6.07, 6.45) is 6.73. The fourth-order valence-corrected chi connectivity index (χ4v) is 5.51. The molecule has 2 N–H and O–H groups in total. The van der Waals surface area contributed by atoms with Gasteiger partial charge in [-0.25, -0.2) is 4.98 Å². The molecule has 11 nitrogen and oxygen atoms in total. The number of amides is 1. The number of carbonyl (C=O) groups is 3. The SMILES string of the molecule is CC.CCC/C(C(=O)c1nc(OCC2CCCN2C)c(N(C)C=O)c(N(C)C2COC2)n1)=C(/N)C1CCCCC1=O. The maximum absolute atomic E-state index is 14.0. The number of carbonyl (C=O) groups excluding carboxylic acids is 3. The third-order valence-electron chi connectivity index (χ3n) is 8.19. The Labute approximate surface area is 244 Å². The molecule has 0 spiro atoms. The third-order valence-corrected chi connectivity index (χ3v) is 8.19. The highest BCUT2D eigenvalue weighted by Crippen LogP contribution is 2.37. The number of hydrogen-bond donors (Lipinski definition) is 1. The molecule has 2 saturated heterocycles. The first-order valence-electron chi connectivity index (χ1n) is 15.1. The first-order chi connectivity index (χ1) is 19.8. The van der Waals surface area contributed by atoms with Gasteiger partial charge in [0.25, 0.3) is 0 Å². The van der Waals surface area contributed by atoms with Gasteiger partial charge in [0.05, 0.1) is 25.2 Å². The molecule has 11 heteroatoms. The Hall–Kier alpha value is -3.05. The van der Waals surface area contributed by atoms with Gasteiger partial charge < -0.3 is 29.9 Å². The fraction of sp³-hybridized carbons (Fsp3) is 0.700. The Bertz CT molecular complexity index is 1110. The topological polar surface area (TPSA) is 131 Å². The summed E-state index contributed by atoms with van der Waals surface area (Å²) in [5.41, 5.74) is 7.66. The molecule has 0 bridgehead atoms. The van der Waals surface area contributed by atoms with Gasteiger partial charge in [-0.3, -0.25) is 14.4 Å². The standard InChI is InChI=1S/C28H42N6O5.C2H6/c1-5-9-21(23(29)20-11-6-7-12-22(20)36)25(37)26-30-27(34(4)19-14-38-15-19)24(33(3)17-35)28(31-26)39-16-18-10-8-13-32(18)2;1-2/h17-20H,5-16,29H2,1-4H3;1-2H3/b23-21-;. The van der Waals surface area contributed by atoms with Crippen LogP contribution in [0.15, 0.2) is 11.3 Å². The van der Waals surface area contributed by atoms with Crippen LogP contribution in [0.5, 0.6) is 5.88 Å². The minimum atomic E-state index is -0.451. The summed E-state index contributed by atoms with van der Waals surface area (Å²) in [6.45, 7) is 8.34. The van der Waals surface area contributed by atoms with Crippen molar-refractivity contribution in [1.29, 1.82) is 0 Å². The number of anilines is 2. The van der Waals surface area contributed by atoms with E-state index in [9.17, 15) is 14.4 Å². The van der Waals surface area contributed by atoms with Crippen molar-refractivity contribution in [3.8, 4) is 5.88 Å². The highest BCUT2D eigenvalue weighted by atomic mass is 16.5. The minimum Gasteiger partial charge on any atom is -0.474 e. The smallest absolute Gasteiger partial charge is 0.244 e. The van der Waals surface area contributed by atoms with Crippen LogP contribution in [0.1, 0.15) is 82.8 Å². The number of nitrogens with zero attached hydrogens (tertiary/aromatic N) is 5. The zero-order valence-electron chi connectivity index (χ0n) is 25.6. The van der Waals surface area contributed by atoms with Crippen molar-refractivity contribution in [2.45, 2.75) is 84.2 Å². The van der Waals surface area contributed by atoms with Crippen LogP contribution >= 0.6 is 0 Å². The van der Waals surface area contributed by atoms with Gasteiger partial charge in [-0.05, 0) is 45.7 Å². The van der Waals surface area contributed by atoms with Gasteiger partial charge in [0.15, 0.2) is 5.82 Å². The maximum atomic E-state index is 14.0. The fourth-order valence-electron chi connectivity index (χ4n) is 5.51. The summed E-state index contributed by atoms with van der Waals surface area (Å²) >= 11 is 0. The second kappa shape index (κ2) is 15.3. The Morgan fingerprint density at radius 1 is 1.17 bits per heavy atom. The molecule has 1 saturated carbocycles. The molecule has 2 aliphatic heterocycles. The van der Waals surface area contributed by atoms with E-state index in [1.807, 2.05) is 32.7 Å². The van der Waals surface area contributed by atoms with Gasteiger partial charge in [-0.15, -0.1) is 0 Å². The number of ketones is 2. The Kier molecular flexibility index (Phi) is 12.1. The van der Waals surface area contributed by atoms with Crippen molar-refractivity contribution in [2.75, 3.05) is 57.3 Å². The molecule has 2 unspecified atom stereocenters. The highest BCUT2D eigenvalue weighted by molar-refractivity contribution is 6.08. The minimum absolute atomic E-state index is 0.0334. The molecule has 41 heavy (non-hydrogen) atoms. The molecular formula is C30H48N6O5. The van der Waals surface area contributed by atoms with Crippen molar-refractivity contribution in [3.63, 3.8) is 0 Å². The first-order valence-corrected chi connectivity index (χ1v) is 15.1. The summed E-state index contributed by atoms with van der Waals surface area (Å²) in [7, 11) is 5.53. The molecule has 3 fully saturated rings. The maximum Gasteiger partial charge on any atom is 0.244 e. The highest BCUT2D eigenvalue weighted by Gasteiger charge is 2.34. The molecule has 4 rings (SSSR count). The Morgan fingerprint density at radius 2 is 1.90 bits per heavy atom. The van der Waals surface area contributed by atoms with E-state index >= 15 is 0 Å². The van der Waals surface area contributed by atoms with E-state index in [-0.39, 0.29) is 29.6 Å². The second-order valence-corrected chi connectivity index (χ2v) is 10.9. The molecule has 2 atom stereocenters. The van der Waals surface area contributed by atoms with E-state index in [4.69, 9.17) is 20.2 Å². The number of likely N-dealkylation sites (N-methyl/N-ethyl adjacent to an activating group) is 2. The van der Waals surface area contributed by atoms with Crippen LogP contribution in [-0.2, 0) is 14.3 Å². The summed E-state index contributed by atoms with van der Waals surface area (Å²) in [5.74, 6) is -0.241. The van der Waals surface area contributed by atoms with Gasteiger partial charge in [-0.2, -0.15) is 4.98 Å². The van der Waals surface area contributed by atoms with E-state index in [1.165, 1.54) is 4.90 Å². The number of aromatic nitrogens is 2. The molecule has 3 aliphatic rings. The van der Waals surface area contributed by atoms with E-state index in [1.54, 1.807) is 7.05 Å². The summed E-state index contributed by atoms with van der Waals surface area (Å²) in [5, 5.41) is 0. The monoisotopic (exact) mass is 572 g/mol. The summed E-state index contributed by atoms with van der Waals surface area (Å²) in [4.78, 5) is 53.4. The van der Waals surface area contributed by atoms with Crippen molar-refractivity contribution in [1.82, 2.24) is 14.9 Å². The number of allylic oxidation sites excluding steroid dienone is 2. The van der Waals surface area contributed by atoms with E-state index < -0.39 is 11.7 Å². The molecule has 3 heterocycles. The predicted octanol–water partition coefficient (Wildman–Crippen LogP) is 3.36. The van der Waals surface area contributed by atoms with Crippen molar-refractivity contribution >= 4 is 29.5 Å². The number of rotatable bonds is 12. The van der Waals surface area contributed by atoms with Crippen molar-refractivity contribution in [2.24, 2.45) is 11.7 Å². The normalized spacial score (nSPS) is 21.8. The molecular weight excluding hydrogens is 524 g/mol. The van der Waals surface area contributed by atoms with Gasteiger partial charge in [0.1, 0.15) is 18.1 Å². The zero-order chi connectivity index (χ0) is 30.1. The lowest BCUT2D eigenvalue weighted by atomic mass is 9.83. The number of hydrogen-bond acceptors (Lipinski definition) is 10.